The Morgan fingerprint density at radius 1 is 1.60 bits per heavy atom. The van der Waals surface area contributed by atoms with Crippen LogP contribution in [-0.2, 0) is 12.2 Å². The highest BCUT2D eigenvalue weighted by Gasteiger charge is 2.17. The van der Waals surface area contributed by atoms with Gasteiger partial charge in [0, 0.05) is 15.5 Å². The molecule has 15 heavy (non-hydrogen) atoms. The van der Waals surface area contributed by atoms with Crippen LogP contribution < -0.4 is 11.3 Å². The monoisotopic (exact) mass is 242 g/mol. The molecule has 3 N–H and O–H groups in total. The number of thioether (sulfide) groups is 1. The second-order valence-electron chi connectivity index (χ2n) is 3.91. The molecule has 0 saturated carbocycles. The molecule has 1 aliphatic heterocycles. The maximum absolute atomic E-state index is 5.60. The molecule has 84 valence electrons. The largest absolute Gasteiger partial charge is 0.271 e. The number of rotatable bonds is 4. The van der Waals surface area contributed by atoms with Crippen molar-refractivity contribution in [1.82, 2.24) is 5.43 Å². The van der Waals surface area contributed by atoms with Crippen LogP contribution in [0, 0.1) is 0 Å². The third kappa shape index (κ3) is 2.56. The summed E-state index contributed by atoms with van der Waals surface area (Å²) >= 11 is 3.99. The third-order valence-corrected chi connectivity index (χ3v) is 5.13. The van der Waals surface area contributed by atoms with Crippen molar-refractivity contribution in [2.75, 3.05) is 5.75 Å². The van der Waals surface area contributed by atoms with Gasteiger partial charge in [-0.1, -0.05) is 13.3 Å². The molecule has 1 aliphatic rings. The second-order valence-corrected chi connectivity index (χ2v) is 6.18. The van der Waals surface area contributed by atoms with E-state index in [4.69, 9.17) is 5.84 Å². The van der Waals surface area contributed by atoms with E-state index in [1.54, 1.807) is 10.4 Å². The summed E-state index contributed by atoms with van der Waals surface area (Å²) in [6, 6.07) is 2.71. The van der Waals surface area contributed by atoms with Crippen LogP contribution in [0.3, 0.4) is 0 Å². The molecule has 0 bridgehead atoms. The Bertz CT molecular complexity index is 299. The molecule has 0 saturated heterocycles. The van der Waals surface area contributed by atoms with Crippen molar-refractivity contribution in [3.05, 3.63) is 21.4 Å². The summed E-state index contributed by atoms with van der Waals surface area (Å²) in [6.45, 7) is 2.20. The summed E-state index contributed by atoms with van der Waals surface area (Å²) in [5, 5.41) is 0. The van der Waals surface area contributed by atoms with E-state index in [0.717, 1.165) is 6.42 Å². The number of fused-ring (bicyclic) bond motifs is 1. The van der Waals surface area contributed by atoms with Crippen molar-refractivity contribution >= 4 is 23.1 Å². The van der Waals surface area contributed by atoms with Crippen molar-refractivity contribution in [2.24, 2.45) is 5.84 Å². The topological polar surface area (TPSA) is 38.0 Å². The molecule has 2 rings (SSSR count). The van der Waals surface area contributed by atoms with Gasteiger partial charge in [0.15, 0.2) is 0 Å². The van der Waals surface area contributed by atoms with E-state index >= 15 is 0 Å². The van der Waals surface area contributed by atoms with E-state index in [-0.39, 0.29) is 0 Å². The van der Waals surface area contributed by atoms with E-state index in [1.807, 2.05) is 23.1 Å². The Kier molecular flexibility index (Phi) is 4.08. The zero-order valence-electron chi connectivity index (χ0n) is 9.08. The Labute approximate surface area is 99.6 Å². The number of aryl methyl sites for hydroxylation is 1. The predicted octanol–water partition coefficient (Wildman–Crippen LogP) is 2.84. The molecule has 1 unspecified atom stereocenters. The number of hydrogen-bond donors (Lipinski definition) is 2. The SMILES string of the molecule is CCCC(NN)c1cc2c(s1)CCSC2. The fraction of sp³-hybridized carbons (Fsp3) is 0.636. The van der Waals surface area contributed by atoms with Crippen LogP contribution >= 0.6 is 23.1 Å². The summed E-state index contributed by atoms with van der Waals surface area (Å²) < 4.78 is 0. The van der Waals surface area contributed by atoms with Gasteiger partial charge in [0.05, 0.1) is 6.04 Å². The van der Waals surface area contributed by atoms with Crippen molar-refractivity contribution in [1.29, 1.82) is 0 Å². The predicted molar refractivity (Wildman–Crippen MR) is 69.2 cm³/mol. The van der Waals surface area contributed by atoms with Crippen molar-refractivity contribution in [3.8, 4) is 0 Å². The van der Waals surface area contributed by atoms with Crippen LogP contribution in [-0.4, -0.2) is 5.75 Å². The molecule has 0 aromatic carbocycles. The van der Waals surface area contributed by atoms with Crippen LogP contribution in [0.25, 0.3) is 0 Å². The highest BCUT2D eigenvalue weighted by Crippen LogP contribution is 2.35. The van der Waals surface area contributed by atoms with Crippen molar-refractivity contribution in [2.45, 2.75) is 38.0 Å². The van der Waals surface area contributed by atoms with Crippen LogP contribution in [0.2, 0.25) is 0 Å². The molecular formula is C11H18N2S2. The van der Waals surface area contributed by atoms with Crippen LogP contribution in [0.15, 0.2) is 6.07 Å². The zero-order valence-corrected chi connectivity index (χ0v) is 10.7. The third-order valence-electron chi connectivity index (χ3n) is 2.77. The molecule has 0 amide bonds. The van der Waals surface area contributed by atoms with E-state index < -0.39 is 0 Å². The maximum atomic E-state index is 5.60. The minimum Gasteiger partial charge on any atom is -0.271 e. The van der Waals surface area contributed by atoms with Crippen molar-refractivity contribution < 1.29 is 0 Å². The van der Waals surface area contributed by atoms with E-state index in [1.165, 1.54) is 29.2 Å². The Hall–Kier alpha value is -0.0300. The van der Waals surface area contributed by atoms with Crippen LogP contribution in [0.5, 0.6) is 0 Å². The lowest BCUT2D eigenvalue weighted by atomic mass is 10.1. The number of nitrogens with two attached hydrogens (primary N) is 1. The van der Waals surface area contributed by atoms with Gasteiger partial charge in [0.25, 0.3) is 0 Å². The molecule has 0 radical (unpaired) electrons. The lowest BCUT2D eigenvalue weighted by Crippen LogP contribution is -2.27. The first kappa shape index (κ1) is 11.5. The number of nitrogens with one attached hydrogen (secondary N) is 1. The lowest BCUT2D eigenvalue weighted by molar-refractivity contribution is 0.517. The molecule has 1 aromatic heterocycles. The molecular weight excluding hydrogens is 224 g/mol. The number of thiophene rings is 1. The van der Waals surface area contributed by atoms with Gasteiger partial charge < -0.3 is 0 Å². The average Bonchev–Trinajstić information content (AvgIpc) is 2.69. The molecule has 2 nitrogen and oxygen atoms in total. The first-order valence-electron chi connectivity index (χ1n) is 5.50. The molecule has 2 heterocycles. The molecule has 0 spiro atoms. The first-order valence-corrected chi connectivity index (χ1v) is 7.47. The minimum atomic E-state index is 0.357. The fourth-order valence-electron chi connectivity index (χ4n) is 1.94. The van der Waals surface area contributed by atoms with Gasteiger partial charge in [-0.15, -0.1) is 11.3 Å². The summed E-state index contributed by atoms with van der Waals surface area (Å²) in [5.41, 5.74) is 4.48. The van der Waals surface area contributed by atoms with Gasteiger partial charge in [-0.05, 0) is 30.2 Å². The van der Waals surface area contributed by atoms with Gasteiger partial charge in [0.2, 0.25) is 0 Å². The number of hydrazine groups is 1. The summed E-state index contributed by atoms with van der Waals surface area (Å²) in [6.07, 6.45) is 3.54. The van der Waals surface area contributed by atoms with Gasteiger partial charge in [-0.3, -0.25) is 11.3 Å². The lowest BCUT2D eigenvalue weighted by Gasteiger charge is -2.12. The summed E-state index contributed by atoms with van der Waals surface area (Å²) in [4.78, 5) is 3.01. The standard InChI is InChI=1S/C11H18N2S2/c1-2-3-9(13-12)11-6-8-7-14-5-4-10(8)15-11/h6,9,13H,2-5,7,12H2,1H3. The molecule has 4 heteroatoms. The van der Waals surface area contributed by atoms with Gasteiger partial charge in [-0.2, -0.15) is 11.8 Å². The number of hydrogen-bond acceptors (Lipinski definition) is 4. The normalized spacial score (nSPS) is 17.5. The smallest absolute Gasteiger partial charge is 0.0553 e. The Morgan fingerprint density at radius 3 is 3.13 bits per heavy atom. The second kappa shape index (κ2) is 5.34. The van der Waals surface area contributed by atoms with Gasteiger partial charge in [0.1, 0.15) is 0 Å². The van der Waals surface area contributed by atoms with Crippen molar-refractivity contribution in [3.63, 3.8) is 0 Å². The van der Waals surface area contributed by atoms with Crippen LogP contribution in [0.1, 0.15) is 41.1 Å². The summed E-state index contributed by atoms with van der Waals surface area (Å²) in [7, 11) is 0. The van der Waals surface area contributed by atoms with Gasteiger partial charge in [-0.25, -0.2) is 0 Å². The first-order chi connectivity index (χ1) is 7.35. The molecule has 0 fully saturated rings. The molecule has 1 aromatic rings. The molecule has 0 aliphatic carbocycles. The average molecular weight is 242 g/mol. The van der Waals surface area contributed by atoms with E-state index in [0.29, 0.717) is 6.04 Å². The minimum absolute atomic E-state index is 0.357. The van der Waals surface area contributed by atoms with E-state index in [2.05, 4.69) is 18.4 Å². The summed E-state index contributed by atoms with van der Waals surface area (Å²) in [5.74, 6) is 8.07. The van der Waals surface area contributed by atoms with Crippen LogP contribution in [0.4, 0.5) is 0 Å². The van der Waals surface area contributed by atoms with Gasteiger partial charge >= 0.3 is 0 Å². The Morgan fingerprint density at radius 2 is 2.47 bits per heavy atom. The quantitative estimate of drug-likeness (QED) is 0.630. The highest BCUT2D eigenvalue weighted by atomic mass is 32.2. The fourth-order valence-corrected chi connectivity index (χ4v) is 4.41. The highest BCUT2D eigenvalue weighted by molar-refractivity contribution is 7.98. The van der Waals surface area contributed by atoms with E-state index in [9.17, 15) is 0 Å². The zero-order chi connectivity index (χ0) is 10.7. The molecule has 1 atom stereocenters. The maximum Gasteiger partial charge on any atom is 0.0553 e. The Balaban J connectivity index is 2.16.